The lowest BCUT2D eigenvalue weighted by atomic mass is 10.1. The Balaban J connectivity index is 1.63. The van der Waals surface area contributed by atoms with E-state index in [1.54, 1.807) is 24.4 Å². The van der Waals surface area contributed by atoms with Gasteiger partial charge in [0, 0.05) is 24.1 Å². The van der Waals surface area contributed by atoms with E-state index in [-0.39, 0.29) is 11.7 Å². The number of carbonyl (C=O) groups excluding carboxylic acids is 1. The highest BCUT2D eigenvalue weighted by Gasteiger charge is 2.08. The van der Waals surface area contributed by atoms with Crippen molar-refractivity contribution in [2.45, 2.75) is 19.9 Å². The van der Waals surface area contributed by atoms with Crippen LogP contribution in [0.15, 0.2) is 66.9 Å². The molecule has 0 aliphatic carbocycles. The van der Waals surface area contributed by atoms with E-state index in [4.69, 9.17) is 0 Å². The third kappa shape index (κ3) is 4.66. The van der Waals surface area contributed by atoms with Crippen LogP contribution < -0.4 is 10.6 Å². The molecule has 132 valence electrons. The summed E-state index contributed by atoms with van der Waals surface area (Å²) in [6, 6.07) is 17.7. The molecular weight excluding hydrogens is 329 g/mol. The van der Waals surface area contributed by atoms with Crippen molar-refractivity contribution in [1.82, 2.24) is 10.3 Å². The maximum Gasteiger partial charge on any atom is 0.270 e. The van der Waals surface area contributed by atoms with E-state index in [0.29, 0.717) is 12.2 Å². The molecule has 0 fully saturated rings. The highest BCUT2D eigenvalue weighted by Crippen LogP contribution is 2.17. The molecule has 0 spiro atoms. The van der Waals surface area contributed by atoms with Crippen molar-refractivity contribution in [3.8, 4) is 0 Å². The number of nitrogens with zero attached hydrogens (tertiary/aromatic N) is 1. The quantitative estimate of drug-likeness (QED) is 0.691. The Hall–Kier alpha value is -3.21. The van der Waals surface area contributed by atoms with Crippen LogP contribution in [0.4, 0.5) is 15.8 Å². The molecule has 3 rings (SSSR count). The Labute approximate surface area is 152 Å². The number of benzene rings is 2. The summed E-state index contributed by atoms with van der Waals surface area (Å²) in [4.78, 5) is 16.4. The Morgan fingerprint density at radius 2 is 1.65 bits per heavy atom. The summed E-state index contributed by atoms with van der Waals surface area (Å²) in [6.07, 6.45) is 2.59. The van der Waals surface area contributed by atoms with E-state index in [2.05, 4.69) is 34.7 Å². The molecule has 1 aromatic heterocycles. The third-order valence-electron chi connectivity index (χ3n) is 4.01. The van der Waals surface area contributed by atoms with Gasteiger partial charge < -0.3 is 10.6 Å². The Bertz CT molecular complexity index is 877. The molecule has 2 N–H and O–H groups in total. The van der Waals surface area contributed by atoms with Gasteiger partial charge in [-0.2, -0.15) is 0 Å². The van der Waals surface area contributed by atoms with Gasteiger partial charge in [0.2, 0.25) is 0 Å². The molecule has 0 aliphatic heterocycles. The van der Waals surface area contributed by atoms with E-state index in [9.17, 15) is 9.18 Å². The normalized spacial score (nSPS) is 10.4. The molecule has 26 heavy (non-hydrogen) atoms. The second-order valence-corrected chi connectivity index (χ2v) is 5.91. The lowest BCUT2D eigenvalue weighted by molar-refractivity contribution is 0.0946. The maximum absolute atomic E-state index is 12.9. The smallest absolute Gasteiger partial charge is 0.270 e. The predicted molar refractivity (Wildman–Crippen MR) is 101 cm³/mol. The third-order valence-corrected chi connectivity index (χ3v) is 4.01. The SMILES string of the molecule is CCc1ccc(Nc2ccnc(C(=O)NCc3ccc(F)cc3)c2)cc1. The van der Waals surface area contributed by atoms with Crippen LogP contribution in [0.25, 0.3) is 0 Å². The van der Waals surface area contributed by atoms with Crippen molar-refractivity contribution in [1.29, 1.82) is 0 Å². The summed E-state index contributed by atoms with van der Waals surface area (Å²) in [5.74, 6) is -0.577. The van der Waals surface area contributed by atoms with Gasteiger partial charge in [0.05, 0.1) is 0 Å². The number of anilines is 2. The molecule has 0 atom stereocenters. The van der Waals surface area contributed by atoms with Gasteiger partial charge in [-0.15, -0.1) is 0 Å². The van der Waals surface area contributed by atoms with Crippen LogP contribution in [0.1, 0.15) is 28.5 Å². The molecule has 0 saturated heterocycles. The topological polar surface area (TPSA) is 54.0 Å². The first-order valence-electron chi connectivity index (χ1n) is 8.48. The van der Waals surface area contributed by atoms with Crippen LogP contribution in [0.5, 0.6) is 0 Å². The minimum Gasteiger partial charge on any atom is -0.355 e. The van der Waals surface area contributed by atoms with Crippen LogP contribution >= 0.6 is 0 Å². The number of carbonyl (C=O) groups is 1. The largest absolute Gasteiger partial charge is 0.355 e. The van der Waals surface area contributed by atoms with Crippen molar-refractivity contribution in [2.24, 2.45) is 0 Å². The summed E-state index contributed by atoms with van der Waals surface area (Å²) in [5, 5.41) is 6.06. The number of aryl methyl sites for hydroxylation is 1. The van der Waals surface area contributed by atoms with Gasteiger partial charge in [0.1, 0.15) is 11.5 Å². The predicted octanol–water partition coefficient (Wildman–Crippen LogP) is 4.46. The second-order valence-electron chi connectivity index (χ2n) is 5.91. The van der Waals surface area contributed by atoms with E-state index >= 15 is 0 Å². The number of hydrogen-bond acceptors (Lipinski definition) is 3. The number of rotatable bonds is 6. The fraction of sp³-hybridized carbons (Fsp3) is 0.143. The average Bonchev–Trinajstić information content (AvgIpc) is 2.68. The van der Waals surface area contributed by atoms with Crippen LogP contribution in [-0.4, -0.2) is 10.9 Å². The molecule has 1 heterocycles. The van der Waals surface area contributed by atoms with Gasteiger partial charge in [0.15, 0.2) is 0 Å². The first kappa shape index (κ1) is 17.6. The fourth-order valence-corrected chi connectivity index (χ4v) is 2.50. The molecule has 5 heteroatoms. The van der Waals surface area contributed by atoms with Crippen molar-refractivity contribution < 1.29 is 9.18 Å². The van der Waals surface area contributed by atoms with Crippen molar-refractivity contribution in [3.05, 3.63) is 89.5 Å². The lowest BCUT2D eigenvalue weighted by Crippen LogP contribution is -2.23. The number of halogens is 1. The number of pyridine rings is 1. The highest BCUT2D eigenvalue weighted by atomic mass is 19.1. The summed E-state index contributed by atoms with van der Waals surface area (Å²) >= 11 is 0. The average molecular weight is 349 g/mol. The molecule has 0 aliphatic rings. The fourth-order valence-electron chi connectivity index (χ4n) is 2.50. The Morgan fingerprint density at radius 1 is 0.962 bits per heavy atom. The van der Waals surface area contributed by atoms with Crippen LogP contribution in [0.2, 0.25) is 0 Å². The molecule has 4 nitrogen and oxygen atoms in total. The van der Waals surface area contributed by atoms with Crippen molar-refractivity contribution in [3.63, 3.8) is 0 Å². The number of hydrogen-bond donors (Lipinski definition) is 2. The molecule has 3 aromatic rings. The van der Waals surface area contributed by atoms with E-state index in [1.165, 1.54) is 17.7 Å². The summed E-state index contributed by atoms with van der Waals surface area (Å²) in [7, 11) is 0. The van der Waals surface area contributed by atoms with Gasteiger partial charge in [-0.3, -0.25) is 9.78 Å². The molecule has 1 amide bonds. The Kier molecular flexibility index (Phi) is 5.59. The monoisotopic (exact) mass is 349 g/mol. The van der Waals surface area contributed by atoms with Gasteiger partial charge in [-0.05, 0) is 53.9 Å². The number of aromatic nitrogens is 1. The van der Waals surface area contributed by atoms with E-state index in [0.717, 1.165) is 23.4 Å². The molecule has 0 radical (unpaired) electrons. The maximum atomic E-state index is 12.9. The Morgan fingerprint density at radius 3 is 2.35 bits per heavy atom. The van der Waals surface area contributed by atoms with E-state index in [1.807, 2.05) is 18.2 Å². The first-order valence-corrected chi connectivity index (χ1v) is 8.48. The van der Waals surface area contributed by atoms with E-state index < -0.39 is 0 Å². The van der Waals surface area contributed by atoms with Crippen molar-refractivity contribution >= 4 is 17.3 Å². The number of amides is 1. The van der Waals surface area contributed by atoms with Crippen LogP contribution in [-0.2, 0) is 13.0 Å². The lowest BCUT2D eigenvalue weighted by Gasteiger charge is -2.09. The van der Waals surface area contributed by atoms with Crippen LogP contribution in [0, 0.1) is 5.82 Å². The first-order chi connectivity index (χ1) is 12.6. The summed E-state index contributed by atoms with van der Waals surface area (Å²) in [5.41, 5.74) is 4.15. The standard InChI is InChI=1S/C21H20FN3O/c1-2-15-5-9-18(10-6-15)25-19-11-12-23-20(13-19)21(26)24-14-16-3-7-17(22)8-4-16/h3-13H,2,14H2,1H3,(H,23,25)(H,24,26). The molecule has 0 unspecified atom stereocenters. The molecule has 0 saturated carbocycles. The summed E-state index contributed by atoms with van der Waals surface area (Å²) < 4.78 is 12.9. The number of nitrogens with one attached hydrogen (secondary N) is 2. The molecular formula is C21H20FN3O. The minimum atomic E-state index is -0.299. The summed E-state index contributed by atoms with van der Waals surface area (Å²) in [6.45, 7) is 2.43. The van der Waals surface area contributed by atoms with Gasteiger partial charge in [-0.1, -0.05) is 31.2 Å². The van der Waals surface area contributed by atoms with Gasteiger partial charge >= 0.3 is 0 Å². The molecule has 0 bridgehead atoms. The van der Waals surface area contributed by atoms with Crippen molar-refractivity contribution in [2.75, 3.05) is 5.32 Å². The minimum absolute atomic E-state index is 0.278. The van der Waals surface area contributed by atoms with Gasteiger partial charge in [0.25, 0.3) is 5.91 Å². The zero-order valence-corrected chi connectivity index (χ0v) is 14.5. The second kappa shape index (κ2) is 8.25. The zero-order valence-electron chi connectivity index (χ0n) is 14.5. The highest BCUT2D eigenvalue weighted by molar-refractivity contribution is 5.93. The zero-order chi connectivity index (χ0) is 18.4. The molecule has 2 aromatic carbocycles. The van der Waals surface area contributed by atoms with Gasteiger partial charge in [-0.25, -0.2) is 4.39 Å². The van der Waals surface area contributed by atoms with Crippen LogP contribution in [0.3, 0.4) is 0 Å².